The highest BCUT2D eigenvalue weighted by molar-refractivity contribution is 7.10. The Hall–Kier alpha value is -1.44. The van der Waals surface area contributed by atoms with Crippen LogP contribution in [-0.4, -0.2) is 45.2 Å². The topological polar surface area (TPSA) is 63.1 Å². The Bertz CT molecular complexity index is 679. The molecular formula is C16H22ClN5OS. The molecule has 1 N–H and O–H groups in total. The van der Waals surface area contributed by atoms with E-state index in [-0.39, 0.29) is 18.3 Å². The van der Waals surface area contributed by atoms with Crippen LogP contribution in [0.1, 0.15) is 35.3 Å². The lowest BCUT2D eigenvalue weighted by atomic mass is 9.95. The second-order valence-corrected chi connectivity index (χ2v) is 7.25. The van der Waals surface area contributed by atoms with Gasteiger partial charge in [-0.3, -0.25) is 4.79 Å². The Labute approximate surface area is 151 Å². The van der Waals surface area contributed by atoms with E-state index in [0.717, 1.165) is 62.1 Å². The zero-order valence-electron chi connectivity index (χ0n) is 13.5. The van der Waals surface area contributed by atoms with E-state index in [1.54, 1.807) is 11.3 Å². The van der Waals surface area contributed by atoms with Gasteiger partial charge >= 0.3 is 0 Å². The Kier molecular flexibility index (Phi) is 5.53. The molecule has 4 rings (SSSR count). The minimum atomic E-state index is 0. The summed E-state index contributed by atoms with van der Waals surface area (Å²) in [5.74, 6) is 2.84. The molecule has 1 saturated heterocycles. The van der Waals surface area contributed by atoms with Crippen LogP contribution in [0.4, 0.5) is 0 Å². The van der Waals surface area contributed by atoms with E-state index < -0.39 is 0 Å². The van der Waals surface area contributed by atoms with Gasteiger partial charge < -0.3 is 14.8 Å². The van der Waals surface area contributed by atoms with Gasteiger partial charge in [0, 0.05) is 37.0 Å². The Morgan fingerprint density at radius 3 is 2.88 bits per heavy atom. The highest BCUT2D eigenvalue weighted by Gasteiger charge is 2.28. The number of fused-ring (bicyclic) bond motifs is 1. The fourth-order valence-corrected chi connectivity index (χ4v) is 4.17. The Balaban J connectivity index is 0.00000169. The van der Waals surface area contributed by atoms with Crippen LogP contribution in [0.25, 0.3) is 0 Å². The second-order valence-electron chi connectivity index (χ2n) is 6.21. The zero-order chi connectivity index (χ0) is 15.6. The minimum absolute atomic E-state index is 0. The van der Waals surface area contributed by atoms with Crippen LogP contribution in [0.3, 0.4) is 0 Å². The lowest BCUT2D eigenvalue weighted by molar-refractivity contribution is -0.131. The van der Waals surface area contributed by atoms with Crippen molar-refractivity contribution in [3.05, 3.63) is 34.0 Å². The fourth-order valence-electron chi connectivity index (χ4n) is 3.48. The first kappa shape index (κ1) is 17.4. The normalized spacial score (nSPS) is 18.1. The van der Waals surface area contributed by atoms with Gasteiger partial charge in [0.25, 0.3) is 0 Å². The van der Waals surface area contributed by atoms with Gasteiger partial charge in [-0.15, -0.1) is 33.9 Å². The third-order valence-corrected chi connectivity index (χ3v) is 5.65. The summed E-state index contributed by atoms with van der Waals surface area (Å²) in [6.07, 6.45) is 2.51. The molecule has 0 unspecified atom stereocenters. The maximum absolute atomic E-state index is 12.4. The van der Waals surface area contributed by atoms with Gasteiger partial charge in [-0.05, 0) is 24.3 Å². The quantitative estimate of drug-likeness (QED) is 0.898. The first-order valence-electron chi connectivity index (χ1n) is 8.24. The first-order chi connectivity index (χ1) is 11.3. The highest BCUT2D eigenvalue weighted by Crippen LogP contribution is 2.28. The smallest absolute Gasteiger partial charge is 0.227 e. The number of carbonyl (C=O) groups excluding carboxylic acids is 1. The summed E-state index contributed by atoms with van der Waals surface area (Å²) in [6, 6.07) is 4.04. The molecule has 0 spiro atoms. The van der Waals surface area contributed by atoms with Crippen molar-refractivity contribution in [3.63, 3.8) is 0 Å². The van der Waals surface area contributed by atoms with E-state index in [4.69, 9.17) is 0 Å². The zero-order valence-corrected chi connectivity index (χ0v) is 15.1. The lowest BCUT2D eigenvalue weighted by Crippen LogP contribution is -2.39. The van der Waals surface area contributed by atoms with E-state index >= 15 is 0 Å². The van der Waals surface area contributed by atoms with Crippen LogP contribution in [0, 0.1) is 0 Å². The molecule has 2 aliphatic rings. The average molecular weight is 368 g/mol. The molecule has 0 saturated carbocycles. The van der Waals surface area contributed by atoms with Crippen LogP contribution in [0.15, 0.2) is 17.5 Å². The molecule has 2 aliphatic heterocycles. The number of rotatable bonds is 3. The number of amides is 1. The van der Waals surface area contributed by atoms with Crippen LogP contribution in [0.5, 0.6) is 0 Å². The minimum Gasteiger partial charge on any atom is -0.342 e. The molecule has 4 heterocycles. The molecule has 8 heteroatoms. The SMILES string of the molecule is Cl.O=C(Cc1cccs1)N1CCC(c2nnc3n2CCNC3)CC1. The van der Waals surface area contributed by atoms with E-state index in [1.807, 2.05) is 22.4 Å². The predicted octanol–water partition coefficient (Wildman–Crippen LogP) is 1.81. The molecule has 24 heavy (non-hydrogen) atoms. The van der Waals surface area contributed by atoms with E-state index in [1.165, 1.54) is 0 Å². The van der Waals surface area contributed by atoms with E-state index in [9.17, 15) is 4.79 Å². The van der Waals surface area contributed by atoms with Crippen molar-refractivity contribution in [2.45, 2.75) is 38.3 Å². The van der Waals surface area contributed by atoms with Gasteiger partial charge in [0.1, 0.15) is 11.6 Å². The van der Waals surface area contributed by atoms with Crippen LogP contribution in [0.2, 0.25) is 0 Å². The van der Waals surface area contributed by atoms with Crippen molar-refractivity contribution in [1.82, 2.24) is 25.0 Å². The summed E-state index contributed by atoms with van der Waals surface area (Å²) < 4.78 is 2.27. The molecule has 0 aliphatic carbocycles. The van der Waals surface area contributed by atoms with Gasteiger partial charge in [-0.2, -0.15) is 0 Å². The maximum atomic E-state index is 12.4. The standard InChI is InChI=1S/C16H21N5OS.ClH/c22-15(10-13-2-1-9-23-13)20-6-3-12(4-7-20)16-19-18-14-11-17-5-8-21(14)16;/h1-2,9,12,17H,3-8,10-11H2;1H. The summed E-state index contributed by atoms with van der Waals surface area (Å²) in [5, 5.41) is 14.1. The molecule has 0 atom stereocenters. The van der Waals surface area contributed by atoms with E-state index in [2.05, 4.69) is 20.1 Å². The number of aromatic nitrogens is 3. The summed E-state index contributed by atoms with van der Waals surface area (Å²) in [7, 11) is 0. The molecule has 6 nitrogen and oxygen atoms in total. The molecule has 0 aromatic carbocycles. The average Bonchev–Trinajstić information content (AvgIpc) is 3.24. The third kappa shape index (κ3) is 3.48. The Morgan fingerprint density at radius 2 is 2.12 bits per heavy atom. The molecule has 1 fully saturated rings. The number of carbonyl (C=O) groups is 1. The largest absolute Gasteiger partial charge is 0.342 e. The highest BCUT2D eigenvalue weighted by atomic mass is 35.5. The maximum Gasteiger partial charge on any atom is 0.227 e. The van der Waals surface area contributed by atoms with Crippen molar-refractivity contribution in [2.24, 2.45) is 0 Å². The third-order valence-electron chi connectivity index (χ3n) is 4.77. The molecule has 2 aromatic heterocycles. The molecular weight excluding hydrogens is 346 g/mol. The van der Waals surface area contributed by atoms with Gasteiger partial charge in [-0.1, -0.05) is 6.07 Å². The van der Waals surface area contributed by atoms with Gasteiger partial charge in [-0.25, -0.2) is 0 Å². The number of nitrogens with zero attached hydrogens (tertiary/aromatic N) is 4. The number of thiophene rings is 1. The molecule has 2 aromatic rings. The van der Waals surface area contributed by atoms with Crippen molar-refractivity contribution in [3.8, 4) is 0 Å². The summed E-state index contributed by atoms with van der Waals surface area (Å²) in [5.41, 5.74) is 0. The number of hydrogen-bond donors (Lipinski definition) is 1. The van der Waals surface area contributed by atoms with Crippen LogP contribution in [-0.2, 0) is 24.3 Å². The number of likely N-dealkylation sites (tertiary alicyclic amines) is 1. The summed E-state index contributed by atoms with van der Waals surface area (Å²) in [6.45, 7) is 4.40. The fraction of sp³-hybridized carbons (Fsp3) is 0.562. The monoisotopic (exact) mass is 367 g/mol. The van der Waals surface area contributed by atoms with Crippen LogP contribution >= 0.6 is 23.7 Å². The van der Waals surface area contributed by atoms with Gasteiger partial charge in [0.05, 0.1) is 13.0 Å². The van der Waals surface area contributed by atoms with Crippen molar-refractivity contribution in [1.29, 1.82) is 0 Å². The van der Waals surface area contributed by atoms with Crippen molar-refractivity contribution in [2.75, 3.05) is 19.6 Å². The lowest BCUT2D eigenvalue weighted by Gasteiger charge is -2.32. The molecule has 1 amide bonds. The summed E-state index contributed by atoms with van der Waals surface area (Å²) >= 11 is 1.65. The van der Waals surface area contributed by atoms with Crippen LogP contribution < -0.4 is 5.32 Å². The summed E-state index contributed by atoms with van der Waals surface area (Å²) in [4.78, 5) is 15.5. The number of piperidine rings is 1. The number of halogens is 1. The Morgan fingerprint density at radius 1 is 1.29 bits per heavy atom. The molecule has 0 radical (unpaired) electrons. The van der Waals surface area contributed by atoms with Crippen molar-refractivity contribution < 1.29 is 4.79 Å². The predicted molar refractivity (Wildman–Crippen MR) is 95.6 cm³/mol. The molecule has 130 valence electrons. The van der Waals surface area contributed by atoms with Gasteiger partial charge in [0.15, 0.2) is 0 Å². The van der Waals surface area contributed by atoms with Gasteiger partial charge in [0.2, 0.25) is 5.91 Å². The van der Waals surface area contributed by atoms with E-state index in [0.29, 0.717) is 12.3 Å². The van der Waals surface area contributed by atoms with Crippen molar-refractivity contribution >= 4 is 29.7 Å². The first-order valence-corrected chi connectivity index (χ1v) is 9.12. The second kappa shape index (κ2) is 7.63. The molecule has 0 bridgehead atoms. The number of hydrogen-bond acceptors (Lipinski definition) is 5. The number of nitrogens with one attached hydrogen (secondary N) is 1.